The number of nitrogens with one attached hydrogen (secondary N) is 1. The molecule has 2 rings (SSSR count). The van der Waals surface area contributed by atoms with Gasteiger partial charge in [0, 0.05) is 13.2 Å². The predicted molar refractivity (Wildman–Crippen MR) is 106 cm³/mol. The maximum atomic E-state index is 8.79. The van der Waals surface area contributed by atoms with Gasteiger partial charge in [0.25, 0.3) is 0 Å². The molecule has 0 saturated carbocycles. The first-order chi connectivity index (χ1) is 12.7. The van der Waals surface area contributed by atoms with Gasteiger partial charge in [-0.25, -0.2) is 0 Å². The first-order valence-electron chi connectivity index (χ1n) is 9.18. The molecule has 0 saturated heterocycles. The van der Waals surface area contributed by atoms with E-state index < -0.39 is 0 Å². The molecule has 142 valence electrons. The summed E-state index contributed by atoms with van der Waals surface area (Å²) in [7, 11) is 0. The van der Waals surface area contributed by atoms with Crippen LogP contribution in [0, 0.1) is 0 Å². The van der Waals surface area contributed by atoms with Gasteiger partial charge in [-0.2, -0.15) is 0 Å². The second-order valence-electron chi connectivity index (χ2n) is 6.07. The molecule has 2 N–H and O–H groups in total. The molecule has 0 fully saturated rings. The van der Waals surface area contributed by atoms with Gasteiger partial charge in [0.05, 0.1) is 11.6 Å². The van der Waals surface area contributed by atoms with Crippen molar-refractivity contribution in [2.45, 2.75) is 39.3 Å². The summed E-state index contributed by atoms with van der Waals surface area (Å²) in [5.41, 5.74) is 2.15. The van der Waals surface area contributed by atoms with Gasteiger partial charge in [-0.3, -0.25) is 0 Å². The van der Waals surface area contributed by atoms with Crippen molar-refractivity contribution in [3.05, 3.63) is 58.6 Å². The van der Waals surface area contributed by atoms with Gasteiger partial charge in [0.15, 0.2) is 11.5 Å². The summed E-state index contributed by atoms with van der Waals surface area (Å²) in [6.45, 7) is 4.84. The van der Waals surface area contributed by atoms with Crippen molar-refractivity contribution >= 4 is 11.6 Å². The molecule has 0 aliphatic rings. The third-order valence-electron chi connectivity index (χ3n) is 3.94. The summed E-state index contributed by atoms with van der Waals surface area (Å²) in [6.07, 6.45) is 2.93. The predicted octanol–water partition coefficient (Wildman–Crippen LogP) is 4.57. The highest BCUT2D eigenvalue weighted by Crippen LogP contribution is 2.37. The van der Waals surface area contributed by atoms with Crippen molar-refractivity contribution in [3.63, 3.8) is 0 Å². The van der Waals surface area contributed by atoms with E-state index in [0.717, 1.165) is 43.5 Å². The minimum absolute atomic E-state index is 0.262. The van der Waals surface area contributed by atoms with Crippen LogP contribution in [0.1, 0.15) is 37.3 Å². The van der Waals surface area contributed by atoms with Crippen molar-refractivity contribution < 1.29 is 14.6 Å². The van der Waals surface area contributed by atoms with Crippen molar-refractivity contribution in [1.82, 2.24) is 5.32 Å². The molecular weight excluding hydrogens is 350 g/mol. The molecule has 0 aliphatic carbocycles. The average Bonchev–Trinajstić information content (AvgIpc) is 2.65. The van der Waals surface area contributed by atoms with E-state index in [1.807, 2.05) is 49.4 Å². The first-order valence-corrected chi connectivity index (χ1v) is 9.56. The van der Waals surface area contributed by atoms with Crippen LogP contribution in [0.15, 0.2) is 42.5 Å². The summed E-state index contributed by atoms with van der Waals surface area (Å²) >= 11 is 6.46. The third-order valence-corrected chi connectivity index (χ3v) is 4.22. The molecule has 0 spiro atoms. The van der Waals surface area contributed by atoms with Crippen LogP contribution in [0.3, 0.4) is 0 Å². The summed E-state index contributed by atoms with van der Waals surface area (Å²) in [4.78, 5) is 0. The smallest absolute Gasteiger partial charge is 0.180 e. The Morgan fingerprint density at radius 1 is 1.00 bits per heavy atom. The Hall–Kier alpha value is -1.75. The van der Waals surface area contributed by atoms with E-state index in [1.165, 1.54) is 0 Å². The van der Waals surface area contributed by atoms with Crippen LogP contribution in [0.2, 0.25) is 5.02 Å². The molecule has 0 bridgehead atoms. The summed E-state index contributed by atoms with van der Waals surface area (Å²) in [5, 5.41) is 12.8. The summed E-state index contributed by atoms with van der Waals surface area (Å²) in [5.74, 6) is 1.26. The number of benzene rings is 2. The zero-order valence-corrected chi connectivity index (χ0v) is 16.1. The van der Waals surface area contributed by atoms with E-state index in [-0.39, 0.29) is 6.61 Å². The highest BCUT2D eigenvalue weighted by atomic mass is 35.5. The molecule has 0 amide bonds. The fourth-order valence-electron chi connectivity index (χ4n) is 2.63. The number of aliphatic hydroxyl groups is 1. The summed E-state index contributed by atoms with van der Waals surface area (Å²) < 4.78 is 11.7. The van der Waals surface area contributed by atoms with E-state index >= 15 is 0 Å². The van der Waals surface area contributed by atoms with Crippen molar-refractivity contribution in [1.29, 1.82) is 0 Å². The normalized spacial score (nSPS) is 10.7. The molecule has 0 unspecified atom stereocenters. The molecule has 0 atom stereocenters. The fourth-order valence-corrected chi connectivity index (χ4v) is 2.92. The molecule has 0 radical (unpaired) electrons. The van der Waals surface area contributed by atoms with E-state index in [1.54, 1.807) is 0 Å². The van der Waals surface area contributed by atoms with Crippen LogP contribution in [0.25, 0.3) is 0 Å². The van der Waals surface area contributed by atoms with Crippen LogP contribution in [-0.2, 0) is 13.2 Å². The van der Waals surface area contributed by atoms with Crippen LogP contribution in [0.5, 0.6) is 11.5 Å². The number of rotatable bonds is 12. The first kappa shape index (κ1) is 20.6. The second kappa shape index (κ2) is 11.8. The molecule has 0 aliphatic heterocycles. The lowest BCUT2D eigenvalue weighted by atomic mass is 10.2. The molecular formula is C21H28ClNO3. The highest BCUT2D eigenvalue weighted by molar-refractivity contribution is 6.32. The lowest BCUT2D eigenvalue weighted by Gasteiger charge is -2.16. The zero-order valence-electron chi connectivity index (χ0n) is 15.3. The van der Waals surface area contributed by atoms with Crippen LogP contribution >= 0.6 is 11.6 Å². The standard InChI is InChI=1S/C21H28ClNO3/c1-2-25-20-14-18(15-23-11-7-4-8-12-24)13-19(22)21(20)26-16-17-9-5-3-6-10-17/h3,5-6,9-10,13-14,23-24H,2,4,7-8,11-12,15-16H2,1H3. The van der Waals surface area contributed by atoms with Crippen molar-refractivity contribution in [2.24, 2.45) is 0 Å². The number of hydrogen-bond acceptors (Lipinski definition) is 4. The Morgan fingerprint density at radius 2 is 1.81 bits per heavy atom. The molecule has 0 heterocycles. The number of ether oxygens (including phenoxy) is 2. The van der Waals surface area contributed by atoms with E-state index in [4.69, 9.17) is 26.2 Å². The topological polar surface area (TPSA) is 50.7 Å². The van der Waals surface area contributed by atoms with Crippen LogP contribution < -0.4 is 14.8 Å². The lowest BCUT2D eigenvalue weighted by molar-refractivity contribution is 0.269. The molecule has 0 aromatic heterocycles. The number of halogens is 1. The van der Waals surface area contributed by atoms with Crippen LogP contribution in [-0.4, -0.2) is 24.9 Å². The van der Waals surface area contributed by atoms with Crippen molar-refractivity contribution in [3.8, 4) is 11.5 Å². The second-order valence-corrected chi connectivity index (χ2v) is 6.48. The van der Waals surface area contributed by atoms with Gasteiger partial charge >= 0.3 is 0 Å². The minimum atomic E-state index is 0.262. The molecule has 26 heavy (non-hydrogen) atoms. The minimum Gasteiger partial charge on any atom is -0.490 e. The maximum Gasteiger partial charge on any atom is 0.180 e. The van der Waals surface area contributed by atoms with Gasteiger partial charge in [-0.1, -0.05) is 41.9 Å². The van der Waals surface area contributed by atoms with Gasteiger partial charge in [0.1, 0.15) is 6.61 Å². The summed E-state index contributed by atoms with van der Waals surface area (Å²) in [6, 6.07) is 13.9. The SMILES string of the molecule is CCOc1cc(CNCCCCCO)cc(Cl)c1OCc1ccccc1. The van der Waals surface area contributed by atoms with Crippen LogP contribution in [0.4, 0.5) is 0 Å². The van der Waals surface area contributed by atoms with Gasteiger partial charge < -0.3 is 19.9 Å². The quantitative estimate of drug-likeness (QED) is 0.532. The number of hydrogen-bond donors (Lipinski definition) is 2. The Balaban J connectivity index is 1.97. The number of aliphatic hydroxyl groups excluding tert-OH is 1. The lowest BCUT2D eigenvalue weighted by Crippen LogP contribution is -2.15. The van der Waals surface area contributed by atoms with Crippen molar-refractivity contribution in [2.75, 3.05) is 19.8 Å². The molecule has 2 aromatic carbocycles. The Kier molecular flexibility index (Phi) is 9.32. The Morgan fingerprint density at radius 3 is 2.54 bits per heavy atom. The monoisotopic (exact) mass is 377 g/mol. The Labute approximate surface area is 161 Å². The largest absolute Gasteiger partial charge is 0.490 e. The number of unbranched alkanes of at least 4 members (excludes halogenated alkanes) is 2. The average molecular weight is 378 g/mol. The van der Waals surface area contributed by atoms with E-state index in [9.17, 15) is 0 Å². The maximum absolute atomic E-state index is 8.79. The van der Waals surface area contributed by atoms with Gasteiger partial charge in [0.2, 0.25) is 0 Å². The molecule has 2 aromatic rings. The fraction of sp³-hybridized carbons (Fsp3) is 0.429. The highest BCUT2D eigenvalue weighted by Gasteiger charge is 2.13. The molecule has 5 heteroatoms. The Bertz CT molecular complexity index is 649. The zero-order chi connectivity index (χ0) is 18.6. The molecule has 4 nitrogen and oxygen atoms in total. The van der Waals surface area contributed by atoms with E-state index in [2.05, 4.69) is 5.32 Å². The van der Waals surface area contributed by atoms with Gasteiger partial charge in [-0.05, 0) is 56.0 Å². The third kappa shape index (κ3) is 6.87. The van der Waals surface area contributed by atoms with E-state index in [0.29, 0.717) is 29.7 Å². The van der Waals surface area contributed by atoms with Gasteiger partial charge in [-0.15, -0.1) is 0 Å².